The molecule has 5 heteroatoms. The Morgan fingerprint density at radius 1 is 1.50 bits per heavy atom. The average molecular weight is 195 g/mol. The summed E-state index contributed by atoms with van der Waals surface area (Å²) < 4.78 is 0. The number of aromatic nitrogens is 4. The van der Waals surface area contributed by atoms with E-state index in [-0.39, 0.29) is 6.04 Å². The van der Waals surface area contributed by atoms with Gasteiger partial charge in [-0.25, -0.2) is 0 Å². The Morgan fingerprint density at radius 3 is 2.71 bits per heavy atom. The number of nitrogens with one attached hydrogen (secondary N) is 2. The third-order valence-corrected chi connectivity index (χ3v) is 2.83. The summed E-state index contributed by atoms with van der Waals surface area (Å²) in [7, 11) is 0. The lowest BCUT2D eigenvalue weighted by Gasteiger charge is -2.43. The van der Waals surface area contributed by atoms with E-state index < -0.39 is 0 Å². The first-order chi connectivity index (χ1) is 6.57. The van der Waals surface area contributed by atoms with Crippen LogP contribution in [0.25, 0.3) is 0 Å². The first-order valence-corrected chi connectivity index (χ1v) is 5.06. The van der Waals surface area contributed by atoms with E-state index in [0.29, 0.717) is 11.5 Å². The quantitative estimate of drug-likeness (QED) is 0.756. The summed E-state index contributed by atoms with van der Waals surface area (Å²) in [6.45, 7) is 6.66. The van der Waals surface area contributed by atoms with Crippen LogP contribution < -0.4 is 5.32 Å². The number of hydrogen-bond donors (Lipinski definition) is 2. The number of hydrogen-bond acceptors (Lipinski definition) is 4. The van der Waals surface area contributed by atoms with Gasteiger partial charge in [-0.2, -0.15) is 5.21 Å². The molecule has 0 aliphatic heterocycles. The van der Waals surface area contributed by atoms with Gasteiger partial charge in [0, 0.05) is 6.04 Å². The van der Waals surface area contributed by atoms with E-state index in [1.54, 1.807) is 0 Å². The number of aromatic amines is 1. The number of nitrogens with zero attached hydrogens (tertiary/aromatic N) is 3. The van der Waals surface area contributed by atoms with E-state index in [1.807, 2.05) is 0 Å². The molecule has 2 rings (SSSR count). The standard InChI is InChI=1S/C9H17N5/c1-6(8-11-13-14-12-8)10-7-4-9(2,3)5-7/h6-7,10H,4-5H2,1-3H3,(H,11,12,13,14). The maximum absolute atomic E-state index is 3.95. The topological polar surface area (TPSA) is 66.5 Å². The van der Waals surface area contributed by atoms with E-state index in [1.165, 1.54) is 12.8 Å². The molecule has 1 unspecified atom stereocenters. The summed E-state index contributed by atoms with van der Waals surface area (Å²) in [5.41, 5.74) is 0.509. The van der Waals surface area contributed by atoms with Crippen LogP contribution >= 0.6 is 0 Å². The van der Waals surface area contributed by atoms with E-state index in [0.717, 1.165) is 5.82 Å². The van der Waals surface area contributed by atoms with Gasteiger partial charge in [0.1, 0.15) is 0 Å². The predicted octanol–water partition coefficient (Wildman–Crippen LogP) is 1.04. The normalized spacial score (nSPS) is 23.1. The second-order valence-corrected chi connectivity index (χ2v) is 4.93. The molecule has 0 amide bonds. The van der Waals surface area contributed by atoms with E-state index in [2.05, 4.69) is 46.7 Å². The molecule has 1 atom stereocenters. The first-order valence-electron chi connectivity index (χ1n) is 5.06. The minimum Gasteiger partial charge on any atom is -0.305 e. The fourth-order valence-corrected chi connectivity index (χ4v) is 2.17. The average Bonchev–Trinajstić information content (AvgIpc) is 2.51. The van der Waals surface area contributed by atoms with Gasteiger partial charge in [0.05, 0.1) is 6.04 Å². The Hall–Kier alpha value is -0.970. The zero-order valence-corrected chi connectivity index (χ0v) is 8.91. The third kappa shape index (κ3) is 1.92. The fourth-order valence-electron chi connectivity index (χ4n) is 2.17. The Kier molecular flexibility index (Phi) is 2.26. The Morgan fingerprint density at radius 2 is 2.21 bits per heavy atom. The van der Waals surface area contributed by atoms with Crippen molar-refractivity contribution >= 4 is 0 Å². The summed E-state index contributed by atoms with van der Waals surface area (Å²) in [5, 5.41) is 17.4. The fraction of sp³-hybridized carbons (Fsp3) is 0.889. The monoisotopic (exact) mass is 195 g/mol. The second kappa shape index (κ2) is 3.31. The zero-order chi connectivity index (χ0) is 10.2. The summed E-state index contributed by atoms with van der Waals surface area (Å²) in [4.78, 5) is 0. The van der Waals surface area contributed by atoms with Crippen LogP contribution in [-0.4, -0.2) is 26.7 Å². The molecule has 0 spiro atoms. The van der Waals surface area contributed by atoms with Gasteiger partial charge in [0.25, 0.3) is 0 Å². The van der Waals surface area contributed by atoms with Crippen molar-refractivity contribution in [1.29, 1.82) is 0 Å². The van der Waals surface area contributed by atoms with Gasteiger partial charge in [-0.15, -0.1) is 10.2 Å². The van der Waals surface area contributed by atoms with Gasteiger partial charge in [-0.05, 0) is 25.2 Å². The number of tetrazole rings is 1. The van der Waals surface area contributed by atoms with Crippen molar-refractivity contribution in [2.45, 2.75) is 45.7 Å². The zero-order valence-electron chi connectivity index (χ0n) is 8.91. The number of H-pyrrole nitrogens is 1. The van der Waals surface area contributed by atoms with Crippen molar-refractivity contribution < 1.29 is 0 Å². The van der Waals surface area contributed by atoms with Crippen LogP contribution in [0.5, 0.6) is 0 Å². The van der Waals surface area contributed by atoms with Crippen LogP contribution in [-0.2, 0) is 0 Å². The SMILES string of the molecule is CC(NC1CC(C)(C)C1)c1nn[nH]n1. The van der Waals surface area contributed by atoms with Crippen molar-refractivity contribution in [2.75, 3.05) is 0 Å². The molecule has 5 nitrogen and oxygen atoms in total. The molecule has 0 saturated heterocycles. The van der Waals surface area contributed by atoms with Gasteiger partial charge in [-0.1, -0.05) is 19.1 Å². The molecule has 0 radical (unpaired) electrons. The highest BCUT2D eigenvalue weighted by molar-refractivity contribution is 4.96. The Balaban J connectivity index is 1.82. The Labute approximate surface area is 83.7 Å². The second-order valence-electron chi connectivity index (χ2n) is 4.93. The Bertz CT molecular complexity index is 284. The van der Waals surface area contributed by atoms with Crippen LogP contribution in [0.15, 0.2) is 0 Å². The molecule has 14 heavy (non-hydrogen) atoms. The maximum atomic E-state index is 3.95. The molecule has 1 fully saturated rings. The van der Waals surface area contributed by atoms with Crippen molar-refractivity contribution in [1.82, 2.24) is 25.9 Å². The largest absolute Gasteiger partial charge is 0.305 e. The van der Waals surface area contributed by atoms with Crippen LogP contribution in [0.2, 0.25) is 0 Å². The third-order valence-electron chi connectivity index (χ3n) is 2.83. The van der Waals surface area contributed by atoms with Gasteiger partial charge < -0.3 is 5.32 Å². The lowest BCUT2D eigenvalue weighted by Crippen LogP contribution is -2.46. The molecular weight excluding hydrogens is 178 g/mol. The summed E-state index contributed by atoms with van der Waals surface area (Å²) >= 11 is 0. The highest BCUT2D eigenvalue weighted by Gasteiger charge is 2.36. The maximum Gasteiger partial charge on any atom is 0.191 e. The molecule has 0 aromatic carbocycles. The number of rotatable bonds is 3. The van der Waals surface area contributed by atoms with Crippen LogP contribution in [0.1, 0.15) is 45.5 Å². The highest BCUT2D eigenvalue weighted by Crippen LogP contribution is 2.40. The highest BCUT2D eigenvalue weighted by atomic mass is 15.5. The lowest BCUT2D eigenvalue weighted by atomic mass is 9.68. The summed E-state index contributed by atoms with van der Waals surface area (Å²) in [6.07, 6.45) is 2.46. The van der Waals surface area contributed by atoms with E-state index in [9.17, 15) is 0 Å². The minimum absolute atomic E-state index is 0.190. The molecule has 78 valence electrons. The van der Waals surface area contributed by atoms with Crippen molar-refractivity contribution in [3.8, 4) is 0 Å². The smallest absolute Gasteiger partial charge is 0.191 e. The molecule has 1 aromatic rings. The molecule has 1 heterocycles. The molecular formula is C9H17N5. The lowest BCUT2D eigenvalue weighted by molar-refractivity contribution is 0.117. The molecule has 0 bridgehead atoms. The minimum atomic E-state index is 0.190. The molecule has 2 N–H and O–H groups in total. The van der Waals surface area contributed by atoms with Crippen LogP contribution in [0, 0.1) is 5.41 Å². The van der Waals surface area contributed by atoms with Crippen molar-refractivity contribution in [2.24, 2.45) is 5.41 Å². The molecule has 1 aromatic heterocycles. The first kappa shape index (κ1) is 9.58. The van der Waals surface area contributed by atoms with Gasteiger partial charge in [0.2, 0.25) is 0 Å². The van der Waals surface area contributed by atoms with Gasteiger partial charge in [-0.3, -0.25) is 0 Å². The van der Waals surface area contributed by atoms with Crippen molar-refractivity contribution in [3.05, 3.63) is 5.82 Å². The van der Waals surface area contributed by atoms with Gasteiger partial charge >= 0.3 is 0 Å². The summed E-state index contributed by atoms with van der Waals surface area (Å²) in [6, 6.07) is 0.799. The van der Waals surface area contributed by atoms with E-state index in [4.69, 9.17) is 0 Å². The van der Waals surface area contributed by atoms with Crippen LogP contribution in [0.3, 0.4) is 0 Å². The molecule has 1 aliphatic carbocycles. The molecule has 1 aliphatic rings. The summed E-state index contributed by atoms with van der Waals surface area (Å²) in [5.74, 6) is 0.745. The van der Waals surface area contributed by atoms with Crippen molar-refractivity contribution in [3.63, 3.8) is 0 Å². The van der Waals surface area contributed by atoms with Gasteiger partial charge in [0.15, 0.2) is 5.82 Å². The predicted molar refractivity (Wildman–Crippen MR) is 52.5 cm³/mol. The molecule has 1 saturated carbocycles. The van der Waals surface area contributed by atoms with Crippen LogP contribution in [0.4, 0.5) is 0 Å². The van der Waals surface area contributed by atoms with E-state index >= 15 is 0 Å².